The van der Waals surface area contributed by atoms with Crippen molar-refractivity contribution in [3.05, 3.63) is 35.9 Å². The summed E-state index contributed by atoms with van der Waals surface area (Å²) in [5.74, 6) is -0.995. The lowest BCUT2D eigenvalue weighted by molar-refractivity contribution is -0.142. The Bertz CT molecular complexity index is 447. The quantitative estimate of drug-likeness (QED) is 0.798. The third kappa shape index (κ3) is 5.45. The van der Waals surface area contributed by atoms with E-state index in [1.165, 1.54) is 4.90 Å². The monoisotopic (exact) mass is 293 g/mol. The Labute approximate surface area is 125 Å². The predicted octanol–water partition coefficient (Wildman–Crippen LogP) is 3.29. The molecule has 0 saturated heterocycles. The SMILES string of the molecule is CCCCN(C(=O)OCc1ccccc1)C(CC)C(=O)O. The number of amides is 1. The first-order valence-electron chi connectivity index (χ1n) is 7.30. The smallest absolute Gasteiger partial charge is 0.410 e. The summed E-state index contributed by atoms with van der Waals surface area (Å²) >= 11 is 0. The second-order valence-corrected chi connectivity index (χ2v) is 4.85. The molecule has 0 aliphatic carbocycles. The molecule has 1 N–H and O–H groups in total. The van der Waals surface area contributed by atoms with Crippen molar-refractivity contribution in [3.8, 4) is 0 Å². The molecule has 0 aromatic heterocycles. The lowest BCUT2D eigenvalue weighted by Crippen LogP contribution is -2.45. The molecule has 5 heteroatoms. The van der Waals surface area contributed by atoms with Gasteiger partial charge < -0.3 is 9.84 Å². The Morgan fingerprint density at radius 2 is 1.90 bits per heavy atom. The minimum absolute atomic E-state index is 0.151. The van der Waals surface area contributed by atoms with E-state index in [1.54, 1.807) is 6.92 Å². The zero-order valence-corrected chi connectivity index (χ0v) is 12.6. The van der Waals surface area contributed by atoms with E-state index in [2.05, 4.69) is 0 Å². The van der Waals surface area contributed by atoms with Crippen molar-refractivity contribution in [3.63, 3.8) is 0 Å². The molecule has 1 unspecified atom stereocenters. The van der Waals surface area contributed by atoms with Gasteiger partial charge in [0.15, 0.2) is 0 Å². The van der Waals surface area contributed by atoms with Gasteiger partial charge in [-0.1, -0.05) is 50.6 Å². The maximum Gasteiger partial charge on any atom is 0.410 e. The summed E-state index contributed by atoms with van der Waals surface area (Å²) in [5, 5.41) is 9.23. The van der Waals surface area contributed by atoms with Crippen molar-refractivity contribution in [1.82, 2.24) is 4.90 Å². The highest BCUT2D eigenvalue weighted by atomic mass is 16.6. The van der Waals surface area contributed by atoms with Gasteiger partial charge in [0.2, 0.25) is 0 Å². The number of carbonyl (C=O) groups excluding carboxylic acids is 1. The topological polar surface area (TPSA) is 66.8 Å². The number of rotatable bonds is 8. The molecule has 0 spiro atoms. The van der Waals surface area contributed by atoms with E-state index < -0.39 is 18.1 Å². The molecule has 0 saturated carbocycles. The molecule has 0 aliphatic rings. The normalized spacial score (nSPS) is 11.7. The van der Waals surface area contributed by atoms with Crippen LogP contribution in [0.2, 0.25) is 0 Å². The van der Waals surface area contributed by atoms with Crippen LogP contribution in [0, 0.1) is 0 Å². The average Bonchev–Trinajstić information content (AvgIpc) is 2.49. The van der Waals surface area contributed by atoms with E-state index in [9.17, 15) is 14.7 Å². The first-order chi connectivity index (χ1) is 10.1. The first-order valence-corrected chi connectivity index (χ1v) is 7.30. The highest BCUT2D eigenvalue weighted by molar-refractivity contribution is 5.80. The molecule has 0 aliphatic heterocycles. The molecular weight excluding hydrogens is 270 g/mol. The molecule has 21 heavy (non-hydrogen) atoms. The van der Waals surface area contributed by atoms with E-state index in [0.29, 0.717) is 13.0 Å². The highest BCUT2D eigenvalue weighted by Gasteiger charge is 2.28. The Kier molecular flexibility index (Phi) is 7.29. The summed E-state index contributed by atoms with van der Waals surface area (Å²) in [4.78, 5) is 24.7. The number of ether oxygens (including phenoxy) is 1. The third-order valence-corrected chi connectivity index (χ3v) is 3.24. The van der Waals surface area contributed by atoms with Crippen LogP contribution < -0.4 is 0 Å². The Morgan fingerprint density at radius 1 is 1.24 bits per heavy atom. The predicted molar refractivity (Wildman–Crippen MR) is 80.0 cm³/mol. The van der Waals surface area contributed by atoms with E-state index in [0.717, 1.165) is 18.4 Å². The molecule has 116 valence electrons. The Morgan fingerprint density at radius 3 is 2.43 bits per heavy atom. The third-order valence-electron chi connectivity index (χ3n) is 3.24. The summed E-state index contributed by atoms with van der Waals surface area (Å²) in [7, 11) is 0. The van der Waals surface area contributed by atoms with E-state index in [1.807, 2.05) is 37.3 Å². The average molecular weight is 293 g/mol. The van der Waals surface area contributed by atoms with Crippen LogP contribution in [0.1, 0.15) is 38.7 Å². The fraction of sp³-hybridized carbons (Fsp3) is 0.500. The molecule has 5 nitrogen and oxygen atoms in total. The van der Waals surface area contributed by atoms with Crippen LogP contribution in [0.3, 0.4) is 0 Å². The summed E-state index contributed by atoms with van der Waals surface area (Å²) in [5.41, 5.74) is 0.879. The second kappa shape index (κ2) is 9.00. The number of unbranched alkanes of at least 4 members (excludes halogenated alkanes) is 1. The molecule has 0 bridgehead atoms. The largest absolute Gasteiger partial charge is 0.480 e. The van der Waals surface area contributed by atoms with Crippen LogP contribution in [0.5, 0.6) is 0 Å². The van der Waals surface area contributed by atoms with Crippen molar-refractivity contribution >= 4 is 12.1 Å². The Balaban J connectivity index is 2.68. The van der Waals surface area contributed by atoms with Gasteiger partial charge in [0, 0.05) is 6.54 Å². The number of hydrogen-bond donors (Lipinski definition) is 1. The molecule has 1 rings (SSSR count). The summed E-state index contributed by atoms with van der Waals surface area (Å²) in [6.45, 7) is 4.30. The summed E-state index contributed by atoms with van der Waals surface area (Å²) in [6.07, 6.45) is 1.43. The lowest BCUT2D eigenvalue weighted by Gasteiger charge is -2.27. The molecule has 1 atom stereocenters. The van der Waals surface area contributed by atoms with Crippen LogP contribution in [-0.2, 0) is 16.1 Å². The second-order valence-electron chi connectivity index (χ2n) is 4.85. The van der Waals surface area contributed by atoms with Gasteiger partial charge in [0.1, 0.15) is 12.6 Å². The molecule has 0 heterocycles. The van der Waals surface area contributed by atoms with Crippen molar-refractivity contribution in [1.29, 1.82) is 0 Å². The van der Waals surface area contributed by atoms with E-state index in [-0.39, 0.29) is 6.61 Å². The van der Waals surface area contributed by atoms with Gasteiger partial charge >= 0.3 is 12.1 Å². The van der Waals surface area contributed by atoms with Gasteiger partial charge in [-0.2, -0.15) is 0 Å². The molecule has 0 fully saturated rings. The van der Waals surface area contributed by atoms with Gasteiger partial charge in [-0.25, -0.2) is 9.59 Å². The highest BCUT2D eigenvalue weighted by Crippen LogP contribution is 2.11. The van der Waals surface area contributed by atoms with Gasteiger partial charge in [0.25, 0.3) is 0 Å². The zero-order chi connectivity index (χ0) is 15.7. The lowest BCUT2D eigenvalue weighted by atomic mass is 10.2. The van der Waals surface area contributed by atoms with Crippen LogP contribution in [-0.4, -0.2) is 34.7 Å². The van der Waals surface area contributed by atoms with Crippen LogP contribution in [0.25, 0.3) is 0 Å². The number of benzene rings is 1. The van der Waals surface area contributed by atoms with Crippen molar-refractivity contribution in [2.75, 3.05) is 6.54 Å². The maximum atomic E-state index is 12.2. The van der Waals surface area contributed by atoms with Crippen molar-refractivity contribution < 1.29 is 19.4 Å². The minimum Gasteiger partial charge on any atom is -0.480 e. The molecule has 0 radical (unpaired) electrons. The van der Waals surface area contributed by atoms with Crippen LogP contribution >= 0.6 is 0 Å². The summed E-state index contributed by atoms with van der Waals surface area (Å²) in [6, 6.07) is 8.50. The van der Waals surface area contributed by atoms with E-state index in [4.69, 9.17) is 4.74 Å². The Hall–Kier alpha value is -2.04. The van der Waals surface area contributed by atoms with Crippen molar-refractivity contribution in [2.45, 2.75) is 45.8 Å². The van der Waals surface area contributed by atoms with Gasteiger partial charge in [-0.3, -0.25) is 4.90 Å². The standard InChI is InChI=1S/C16H23NO4/c1-3-5-11-17(14(4-2)15(18)19)16(20)21-12-13-9-7-6-8-10-13/h6-10,14H,3-5,11-12H2,1-2H3,(H,18,19). The zero-order valence-electron chi connectivity index (χ0n) is 12.6. The number of nitrogens with zero attached hydrogens (tertiary/aromatic N) is 1. The minimum atomic E-state index is -0.995. The van der Waals surface area contributed by atoms with Crippen molar-refractivity contribution in [2.24, 2.45) is 0 Å². The van der Waals surface area contributed by atoms with Gasteiger partial charge in [-0.05, 0) is 18.4 Å². The number of carbonyl (C=O) groups is 2. The van der Waals surface area contributed by atoms with Crippen LogP contribution in [0.15, 0.2) is 30.3 Å². The fourth-order valence-corrected chi connectivity index (χ4v) is 2.03. The first kappa shape index (κ1) is 17.0. The maximum absolute atomic E-state index is 12.2. The number of carboxylic acids is 1. The molecule has 1 aromatic rings. The molecular formula is C16H23NO4. The molecule has 1 amide bonds. The summed E-state index contributed by atoms with van der Waals surface area (Å²) < 4.78 is 5.24. The fourth-order valence-electron chi connectivity index (χ4n) is 2.03. The van der Waals surface area contributed by atoms with Crippen LogP contribution in [0.4, 0.5) is 4.79 Å². The van der Waals surface area contributed by atoms with E-state index >= 15 is 0 Å². The number of carboxylic acid groups (broad SMARTS) is 1. The molecule has 1 aromatic carbocycles. The van der Waals surface area contributed by atoms with Gasteiger partial charge in [0.05, 0.1) is 0 Å². The van der Waals surface area contributed by atoms with Gasteiger partial charge in [-0.15, -0.1) is 0 Å². The number of hydrogen-bond acceptors (Lipinski definition) is 3. The number of aliphatic carboxylic acids is 1.